The molecule has 1 aromatic heterocycles. The smallest absolute Gasteiger partial charge is 0.255 e. The van der Waals surface area contributed by atoms with Crippen molar-refractivity contribution >= 4 is 11.6 Å². The first-order valence-electron chi connectivity index (χ1n) is 12.0. The van der Waals surface area contributed by atoms with Gasteiger partial charge >= 0.3 is 0 Å². The molecule has 1 heterocycles. The van der Waals surface area contributed by atoms with E-state index < -0.39 is 5.91 Å². The zero-order chi connectivity index (χ0) is 25.2. The molecule has 3 N–H and O–H groups in total. The van der Waals surface area contributed by atoms with E-state index in [1.807, 2.05) is 24.3 Å². The summed E-state index contributed by atoms with van der Waals surface area (Å²) in [6, 6.07) is 14.4. The lowest BCUT2D eigenvalue weighted by atomic mass is 9.87. The van der Waals surface area contributed by atoms with Gasteiger partial charge in [-0.2, -0.15) is 0 Å². The number of carbonyl (C=O) groups is 1. The summed E-state index contributed by atoms with van der Waals surface area (Å²) in [5.74, 6) is 0.309. The Morgan fingerprint density at radius 3 is 2.34 bits per heavy atom. The highest BCUT2D eigenvalue weighted by molar-refractivity contribution is 6.05. The molecule has 0 atom stereocenters. The standard InChI is InChI=1S/C28H34N2O5/c1-28(2,3)20-12-9-18(10-13-20)17-30-25(31)16-22(27(30)33)29-26(32)19-11-14-23(34-4)24(15-19)35-21-7-5-6-8-21/h9-16,21,31,33H,5-8,17H2,1-4H3,(H,29,32). The summed E-state index contributed by atoms with van der Waals surface area (Å²) in [6.45, 7) is 6.70. The first kappa shape index (κ1) is 24.5. The van der Waals surface area contributed by atoms with Gasteiger partial charge in [0, 0.05) is 11.6 Å². The third-order valence-corrected chi connectivity index (χ3v) is 6.48. The summed E-state index contributed by atoms with van der Waals surface area (Å²) >= 11 is 0. The molecule has 3 aromatic rings. The summed E-state index contributed by atoms with van der Waals surface area (Å²) in [5.41, 5.74) is 2.65. The zero-order valence-corrected chi connectivity index (χ0v) is 20.8. The van der Waals surface area contributed by atoms with Gasteiger partial charge in [0.05, 0.1) is 19.8 Å². The van der Waals surface area contributed by atoms with Gasteiger partial charge in [0.25, 0.3) is 5.91 Å². The molecule has 1 fully saturated rings. The van der Waals surface area contributed by atoms with E-state index in [1.54, 1.807) is 25.3 Å². The molecule has 0 saturated heterocycles. The number of ether oxygens (including phenoxy) is 2. The lowest BCUT2D eigenvalue weighted by Gasteiger charge is -2.19. The Labute approximate surface area is 206 Å². The Morgan fingerprint density at radius 1 is 1.03 bits per heavy atom. The number of hydrogen-bond acceptors (Lipinski definition) is 5. The number of carbonyl (C=O) groups excluding carboxylic acids is 1. The number of aromatic nitrogens is 1. The monoisotopic (exact) mass is 478 g/mol. The van der Waals surface area contributed by atoms with Gasteiger partial charge < -0.3 is 25.0 Å². The molecular formula is C28H34N2O5. The molecule has 0 radical (unpaired) electrons. The van der Waals surface area contributed by atoms with Gasteiger partial charge in [0.1, 0.15) is 5.69 Å². The Hall–Kier alpha value is -3.61. The van der Waals surface area contributed by atoms with E-state index in [1.165, 1.54) is 16.2 Å². The van der Waals surface area contributed by atoms with Gasteiger partial charge in [-0.05, 0) is 60.4 Å². The first-order valence-corrected chi connectivity index (χ1v) is 12.0. The van der Waals surface area contributed by atoms with Crippen LogP contribution < -0.4 is 14.8 Å². The highest BCUT2D eigenvalue weighted by atomic mass is 16.5. The SMILES string of the molecule is COc1ccc(C(=O)Nc2cc(O)n(Cc3ccc(C(C)(C)C)cc3)c2O)cc1OC1CCCC1. The van der Waals surface area contributed by atoms with Crippen LogP contribution in [-0.2, 0) is 12.0 Å². The van der Waals surface area contributed by atoms with Crippen LogP contribution in [0.15, 0.2) is 48.5 Å². The number of aromatic hydroxyl groups is 2. The van der Waals surface area contributed by atoms with Crippen LogP contribution in [0.2, 0.25) is 0 Å². The molecule has 0 unspecified atom stereocenters. The molecule has 0 spiro atoms. The van der Waals surface area contributed by atoms with Gasteiger partial charge in [-0.25, -0.2) is 0 Å². The maximum atomic E-state index is 13.0. The average molecular weight is 479 g/mol. The van der Waals surface area contributed by atoms with Crippen molar-refractivity contribution in [3.05, 3.63) is 65.2 Å². The van der Waals surface area contributed by atoms with Crippen molar-refractivity contribution in [3.63, 3.8) is 0 Å². The summed E-state index contributed by atoms with van der Waals surface area (Å²) < 4.78 is 12.8. The maximum Gasteiger partial charge on any atom is 0.255 e. The van der Waals surface area contributed by atoms with Crippen LogP contribution in [-0.4, -0.2) is 33.9 Å². The molecular weight excluding hydrogens is 444 g/mol. The van der Waals surface area contributed by atoms with Crippen molar-refractivity contribution in [2.45, 2.75) is 64.5 Å². The fourth-order valence-electron chi connectivity index (χ4n) is 4.36. The molecule has 1 amide bonds. The Balaban J connectivity index is 1.50. The van der Waals surface area contributed by atoms with Crippen LogP contribution in [0.4, 0.5) is 5.69 Å². The van der Waals surface area contributed by atoms with Gasteiger partial charge in [0.2, 0.25) is 5.88 Å². The predicted octanol–water partition coefficient (Wildman–Crippen LogP) is 5.83. The highest BCUT2D eigenvalue weighted by Gasteiger charge is 2.21. The van der Waals surface area contributed by atoms with Crippen LogP contribution in [0.25, 0.3) is 0 Å². The first-order chi connectivity index (χ1) is 16.7. The minimum atomic E-state index is -0.425. The van der Waals surface area contributed by atoms with Gasteiger partial charge in [-0.15, -0.1) is 0 Å². The molecule has 186 valence electrons. The van der Waals surface area contributed by atoms with E-state index in [9.17, 15) is 15.0 Å². The molecule has 4 rings (SSSR count). The van der Waals surface area contributed by atoms with E-state index in [0.29, 0.717) is 17.1 Å². The lowest BCUT2D eigenvalue weighted by Crippen LogP contribution is -2.14. The number of methoxy groups -OCH3 is 1. The second-order valence-corrected chi connectivity index (χ2v) is 10.1. The van der Waals surface area contributed by atoms with E-state index in [4.69, 9.17) is 9.47 Å². The normalized spacial score (nSPS) is 14.2. The molecule has 1 aliphatic carbocycles. The van der Waals surface area contributed by atoms with Crippen LogP contribution in [0.3, 0.4) is 0 Å². The largest absolute Gasteiger partial charge is 0.494 e. The minimum Gasteiger partial charge on any atom is -0.494 e. The van der Waals surface area contributed by atoms with Crippen molar-refractivity contribution < 1.29 is 24.5 Å². The van der Waals surface area contributed by atoms with Gasteiger partial charge in [-0.1, -0.05) is 45.0 Å². The van der Waals surface area contributed by atoms with Crippen LogP contribution >= 0.6 is 0 Å². The third-order valence-electron chi connectivity index (χ3n) is 6.48. The van der Waals surface area contributed by atoms with E-state index >= 15 is 0 Å². The van der Waals surface area contributed by atoms with Crippen LogP contribution in [0.1, 0.15) is 67.9 Å². The average Bonchev–Trinajstić information content (AvgIpc) is 3.42. The number of benzene rings is 2. The van der Waals surface area contributed by atoms with Crippen molar-refractivity contribution in [1.29, 1.82) is 0 Å². The molecule has 7 heteroatoms. The predicted molar refractivity (Wildman–Crippen MR) is 136 cm³/mol. The van der Waals surface area contributed by atoms with Crippen molar-refractivity contribution in [1.82, 2.24) is 4.57 Å². The quantitative estimate of drug-likeness (QED) is 0.397. The molecule has 0 aliphatic heterocycles. The molecule has 1 aliphatic rings. The lowest BCUT2D eigenvalue weighted by molar-refractivity contribution is 0.102. The second kappa shape index (κ2) is 9.94. The number of nitrogens with zero attached hydrogens (tertiary/aromatic N) is 1. The fourth-order valence-corrected chi connectivity index (χ4v) is 4.36. The van der Waals surface area contributed by atoms with Crippen LogP contribution in [0, 0.1) is 0 Å². The summed E-state index contributed by atoms with van der Waals surface area (Å²) in [6.07, 6.45) is 4.36. The number of amides is 1. The van der Waals surface area contributed by atoms with Gasteiger partial charge in [-0.3, -0.25) is 9.36 Å². The van der Waals surface area contributed by atoms with E-state index in [2.05, 4.69) is 26.1 Å². The topological polar surface area (TPSA) is 93.0 Å². The van der Waals surface area contributed by atoms with Crippen molar-refractivity contribution in [2.75, 3.05) is 12.4 Å². The fraction of sp³-hybridized carbons (Fsp3) is 0.393. The maximum absolute atomic E-state index is 13.0. The molecule has 0 bridgehead atoms. The van der Waals surface area contributed by atoms with Crippen LogP contribution in [0.5, 0.6) is 23.3 Å². The Bertz CT molecular complexity index is 1190. The Kier molecular flexibility index (Phi) is 6.96. The second-order valence-electron chi connectivity index (χ2n) is 10.1. The number of anilines is 1. The van der Waals surface area contributed by atoms with E-state index in [0.717, 1.165) is 31.2 Å². The van der Waals surface area contributed by atoms with Crippen molar-refractivity contribution in [2.24, 2.45) is 0 Å². The molecule has 1 saturated carbocycles. The summed E-state index contributed by atoms with van der Waals surface area (Å²) in [7, 11) is 1.57. The summed E-state index contributed by atoms with van der Waals surface area (Å²) in [4.78, 5) is 13.0. The Morgan fingerprint density at radius 2 is 1.71 bits per heavy atom. The zero-order valence-electron chi connectivity index (χ0n) is 20.8. The molecule has 35 heavy (non-hydrogen) atoms. The number of rotatable bonds is 7. The molecule has 7 nitrogen and oxygen atoms in total. The number of nitrogens with one attached hydrogen (secondary N) is 1. The van der Waals surface area contributed by atoms with Gasteiger partial charge in [0.15, 0.2) is 17.4 Å². The molecule has 2 aromatic carbocycles. The third kappa shape index (κ3) is 5.56. The van der Waals surface area contributed by atoms with Crippen molar-refractivity contribution in [3.8, 4) is 23.3 Å². The summed E-state index contributed by atoms with van der Waals surface area (Å²) in [5, 5.41) is 23.8. The minimum absolute atomic E-state index is 0.0389. The number of hydrogen-bond donors (Lipinski definition) is 3. The van der Waals surface area contributed by atoms with E-state index in [-0.39, 0.29) is 35.5 Å². The highest BCUT2D eigenvalue weighted by Crippen LogP contribution is 2.35.